The van der Waals surface area contributed by atoms with Crippen LogP contribution in [-0.4, -0.2) is 48.5 Å². The molecule has 1 fully saturated rings. The molecule has 1 N–H and O–H groups in total. The van der Waals surface area contributed by atoms with Gasteiger partial charge >= 0.3 is 0 Å². The summed E-state index contributed by atoms with van der Waals surface area (Å²) in [7, 11) is 0. The van der Waals surface area contributed by atoms with Gasteiger partial charge in [0.05, 0.1) is 18.8 Å². The summed E-state index contributed by atoms with van der Waals surface area (Å²) in [6.45, 7) is 10.1. The smallest absolute Gasteiger partial charge is 0.0596 e. The second kappa shape index (κ2) is 6.46. The highest BCUT2D eigenvalue weighted by Gasteiger charge is 2.22. The van der Waals surface area contributed by atoms with E-state index in [4.69, 9.17) is 4.74 Å². The molecule has 1 heterocycles. The van der Waals surface area contributed by atoms with E-state index >= 15 is 0 Å². The summed E-state index contributed by atoms with van der Waals surface area (Å²) in [4.78, 5) is 2.43. The van der Waals surface area contributed by atoms with Crippen LogP contribution in [0.5, 0.6) is 0 Å². The van der Waals surface area contributed by atoms with Crippen LogP contribution in [0.15, 0.2) is 0 Å². The fourth-order valence-electron chi connectivity index (χ4n) is 2.08. The quantitative estimate of drug-likeness (QED) is 0.754. The van der Waals surface area contributed by atoms with Gasteiger partial charge in [-0.05, 0) is 52.6 Å². The van der Waals surface area contributed by atoms with E-state index in [1.807, 2.05) is 6.92 Å². The monoisotopic (exact) mass is 215 g/mol. The fraction of sp³-hybridized carbons (Fsp3) is 1.00. The average Bonchev–Trinajstić information content (AvgIpc) is 2.18. The van der Waals surface area contributed by atoms with Crippen LogP contribution in [0.3, 0.4) is 0 Å². The number of likely N-dealkylation sites (tertiary alicyclic amines) is 1. The summed E-state index contributed by atoms with van der Waals surface area (Å²) in [5.41, 5.74) is 0. The lowest BCUT2D eigenvalue weighted by molar-refractivity contribution is 0.0352. The lowest BCUT2D eigenvalue weighted by atomic mass is 9.92. The van der Waals surface area contributed by atoms with Crippen molar-refractivity contribution in [3.05, 3.63) is 0 Å². The molecule has 0 aromatic rings. The first-order valence-corrected chi connectivity index (χ1v) is 6.11. The van der Waals surface area contributed by atoms with Crippen molar-refractivity contribution in [3.8, 4) is 0 Å². The van der Waals surface area contributed by atoms with E-state index in [2.05, 4.69) is 18.7 Å². The summed E-state index contributed by atoms with van der Waals surface area (Å²) < 4.78 is 5.53. The molecule has 15 heavy (non-hydrogen) atoms. The molecule has 0 aliphatic carbocycles. The van der Waals surface area contributed by atoms with Gasteiger partial charge in [-0.2, -0.15) is 0 Å². The maximum absolute atomic E-state index is 9.47. The highest BCUT2D eigenvalue weighted by Crippen LogP contribution is 2.20. The molecule has 3 nitrogen and oxygen atoms in total. The molecule has 1 saturated heterocycles. The average molecular weight is 215 g/mol. The summed E-state index contributed by atoms with van der Waals surface area (Å²) >= 11 is 0. The third-order valence-corrected chi connectivity index (χ3v) is 3.17. The molecule has 90 valence electrons. The Kier molecular flexibility index (Phi) is 5.58. The van der Waals surface area contributed by atoms with Crippen molar-refractivity contribution in [1.29, 1.82) is 0 Å². The van der Waals surface area contributed by atoms with E-state index in [9.17, 15) is 5.11 Å². The molecule has 0 aromatic carbocycles. The maximum Gasteiger partial charge on any atom is 0.0596 e. The zero-order valence-corrected chi connectivity index (χ0v) is 10.3. The van der Waals surface area contributed by atoms with E-state index in [1.165, 1.54) is 0 Å². The van der Waals surface area contributed by atoms with E-state index in [0.717, 1.165) is 39.1 Å². The van der Waals surface area contributed by atoms with Crippen LogP contribution in [0.2, 0.25) is 0 Å². The van der Waals surface area contributed by atoms with Gasteiger partial charge in [0.15, 0.2) is 0 Å². The first kappa shape index (κ1) is 12.9. The Hall–Kier alpha value is -0.120. The number of piperidine rings is 1. The highest BCUT2D eigenvalue weighted by molar-refractivity contribution is 4.75. The van der Waals surface area contributed by atoms with E-state index in [-0.39, 0.29) is 6.10 Å². The van der Waals surface area contributed by atoms with E-state index in [1.54, 1.807) is 0 Å². The molecule has 1 rings (SSSR count). The lowest BCUT2D eigenvalue weighted by Crippen LogP contribution is -2.38. The van der Waals surface area contributed by atoms with Gasteiger partial charge in [-0.1, -0.05) is 0 Å². The second-order valence-corrected chi connectivity index (χ2v) is 4.84. The molecule has 1 aliphatic heterocycles. The van der Waals surface area contributed by atoms with Crippen molar-refractivity contribution in [1.82, 2.24) is 4.90 Å². The first-order chi connectivity index (χ1) is 7.09. The number of aliphatic hydroxyl groups excluding tert-OH is 1. The van der Waals surface area contributed by atoms with Crippen molar-refractivity contribution < 1.29 is 9.84 Å². The Bertz CT molecular complexity index is 160. The fourth-order valence-corrected chi connectivity index (χ4v) is 2.08. The molecule has 1 aliphatic rings. The molecule has 0 amide bonds. The third-order valence-electron chi connectivity index (χ3n) is 3.17. The molecule has 0 radical (unpaired) electrons. The predicted molar refractivity (Wildman–Crippen MR) is 61.9 cm³/mol. The molecule has 0 aromatic heterocycles. The molecular formula is C12H25NO2. The van der Waals surface area contributed by atoms with Crippen LogP contribution in [0.25, 0.3) is 0 Å². The van der Waals surface area contributed by atoms with Crippen LogP contribution in [-0.2, 0) is 4.74 Å². The van der Waals surface area contributed by atoms with Crippen LogP contribution in [0.1, 0.15) is 33.6 Å². The molecular weight excluding hydrogens is 190 g/mol. The normalized spacial score (nSPS) is 22.2. The number of hydrogen-bond donors (Lipinski definition) is 1. The van der Waals surface area contributed by atoms with Gasteiger partial charge < -0.3 is 14.7 Å². The molecule has 1 unspecified atom stereocenters. The van der Waals surface area contributed by atoms with Gasteiger partial charge in [-0.3, -0.25) is 0 Å². The van der Waals surface area contributed by atoms with Crippen molar-refractivity contribution in [2.24, 2.45) is 5.92 Å². The Morgan fingerprint density at radius 2 is 1.87 bits per heavy atom. The van der Waals surface area contributed by atoms with Gasteiger partial charge in [0, 0.05) is 6.54 Å². The maximum atomic E-state index is 9.47. The van der Waals surface area contributed by atoms with Gasteiger partial charge in [0.25, 0.3) is 0 Å². The van der Waals surface area contributed by atoms with Crippen molar-refractivity contribution >= 4 is 0 Å². The zero-order chi connectivity index (χ0) is 11.3. The standard InChI is InChI=1S/C12H25NO2/c1-10(2)15-9-8-13-6-4-12(5-7-13)11(3)14/h10-12,14H,4-9H2,1-3H3. The van der Waals surface area contributed by atoms with Crippen LogP contribution < -0.4 is 0 Å². The summed E-state index contributed by atoms with van der Waals surface area (Å²) in [5, 5.41) is 9.47. The molecule has 0 saturated carbocycles. The molecule has 1 atom stereocenters. The topological polar surface area (TPSA) is 32.7 Å². The third kappa shape index (κ3) is 4.96. The highest BCUT2D eigenvalue weighted by atomic mass is 16.5. The van der Waals surface area contributed by atoms with Crippen molar-refractivity contribution in [2.75, 3.05) is 26.2 Å². The predicted octanol–water partition coefficient (Wildman–Crippen LogP) is 1.50. The van der Waals surface area contributed by atoms with Gasteiger partial charge in [-0.15, -0.1) is 0 Å². The second-order valence-electron chi connectivity index (χ2n) is 4.84. The Labute approximate surface area is 93.4 Å². The Balaban J connectivity index is 2.09. The minimum Gasteiger partial charge on any atom is -0.393 e. The Morgan fingerprint density at radius 3 is 2.33 bits per heavy atom. The SMILES string of the molecule is CC(C)OCCN1CCC(C(C)O)CC1. The summed E-state index contributed by atoms with van der Waals surface area (Å²) in [6, 6.07) is 0. The van der Waals surface area contributed by atoms with E-state index < -0.39 is 0 Å². The van der Waals surface area contributed by atoms with E-state index in [0.29, 0.717) is 12.0 Å². The number of aliphatic hydroxyl groups is 1. The van der Waals surface area contributed by atoms with Crippen LogP contribution in [0.4, 0.5) is 0 Å². The van der Waals surface area contributed by atoms with Gasteiger partial charge in [-0.25, -0.2) is 0 Å². The molecule has 0 bridgehead atoms. The van der Waals surface area contributed by atoms with Crippen molar-refractivity contribution in [3.63, 3.8) is 0 Å². The minimum absolute atomic E-state index is 0.140. The summed E-state index contributed by atoms with van der Waals surface area (Å²) in [6.07, 6.45) is 2.44. The van der Waals surface area contributed by atoms with Crippen molar-refractivity contribution in [2.45, 2.75) is 45.8 Å². The Morgan fingerprint density at radius 1 is 1.27 bits per heavy atom. The number of nitrogens with zero attached hydrogens (tertiary/aromatic N) is 1. The molecule has 3 heteroatoms. The van der Waals surface area contributed by atoms with Gasteiger partial charge in [0.2, 0.25) is 0 Å². The largest absolute Gasteiger partial charge is 0.393 e. The van der Waals surface area contributed by atoms with Gasteiger partial charge in [0.1, 0.15) is 0 Å². The van der Waals surface area contributed by atoms with Crippen LogP contribution >= 0.6 is 0 Å². The zero-order valence-electron chi connectivity index (χ0n) is 10.3. The lowest BCUT2D eigenvalue weighted by Gasteiger charge is -2.33. The number of hydrogen-bond acceptors (Lipinski definition) is 3. The number of rotatable bonds is 5. The number of ether oxygens (including phenoxy) is 1. The summed E-state index contributed by atoms with van der Waals surface area (Å²) in [5.74, 6) is 0.507. The molecule has 0 spiro atoms. The first-order valence-electron chi connectivity index (χ1n) is 6.11. The van der Waals surface area contributed by atoms with Crippen LogP contribution in [0, 0.1) is 5.92 Å². The minimum atomic E-state index is -0.140.